The van der Waals surface area contributed by atoms with Gasteiger partial charge in [-0.25, -0.2) is 14.1 Å². The lowest BCUT2D eigenvalue weighted by Crippen LogP contribution is -2.06. The van der Waals surface area contributed by atoms with Crippen molar-refractivity contribution in [2.75, 3.05) is 19.8 Å². The van der Waals surface area contributed by atoms with Crippen molar-refractivity contribution in [2.24, 2.45) is 0 Å². The molecule has 2 heterocycles. The largest absolute Gasteiger partial charge is 0.491 e. The third-order valence-electron chi connectivity index (χ3n) is 6.15. The van der Waals surface area contributed by atoms with E-state index in [4.69, 9.17) is 14.5 Å². The van der Waals surface area contributed by atoms with E-state index < -0.39 is 11.7 Å². The van der Waals surface area contributed by atoms with Gasteiger partial charge in [0.25, 0.3) is 0 Å². The van der Waals surface area contributed by atoms with Gasteiger partial charge in [-0.05, 0) is 73.5 Å². The van der Waals surface area contributed by atoms with Crippen molar-refractivity contribution >= 4 is 11.3 Å². The molecule has 5 nitrogen and oxygen atoms in total. The summed E-state index contributed by atoms with van der Waals surface area (Å²) < 4.78 is 66.1. The Labute approximate surface area is 232 Å². The normalized spacial score (nSPS) is 11.7. The average Bonchev–Trinajstić information content (AvgIpc) is 3.55. The molecule has 0 saturated carbocycles. The number of halogens is 4. The summed E-state index contributed by atoms with van der Waals surface area (Å²) in [4.78, 5) is 5.55. The van der Waals surface area contributed by atoms with Gasteiger partial charge in [-0.15, -0.1) is 0 Å². The van der Waals surface area contributed by atoms with Gasteiger partial charge in [0.15, 0.2) is 0 Å². The Morgan fingerprint density at radius 1 is 0.900 bits per heavy atom. The van der Waals surface area contributed by atoms with E-state index in [2.05, 4.69) is 5.10 Å². The molecule has 0 aliphatic rings. The number of aryl methyl sites for hydroxylation is 1. The Bertz CT molecular complexity index is 1590. The molecule has 0 spiro atoms. The lowest BCUT2D eigenvalue weighted by atomic mass is 10.0. The van der Waals surface area contributed by atoms with Crippen molar-refractivity contribution < 1.29 is 27.0 Å². The quantitative estimate of drug-likeness (QED) is 0.133. The maximum absolute atomic E-state index is 13.9. The molecule has 0 atom stereocenters. The van der Waals surface area contributed by atoms with Crippen molar-refractivity contribution in [1.82, 2.24) is 14.8 Å². The number of thiazole rings is 1. The Kier molecular flexibility index (Phi) is 7.99. The van der Waals surface area contributed by atoms with Gasteiger partial charge in [-0.2, -0.15) is 18.3 Å². The smallest absolute Gasteiger partial charge is 0.416 e. The van der Waals surface area contributed by atoms with Crippen molar-refractivity contribution in [1.29, 1.82) is 0 Å². The fourth-order valence-electron chi connectivity index (χ4n) is 4.18. The predicted octanol–water partition coefficient (Wildman–Crippen LogP) is 8.21. The zero-order valence-electron chi connectivity index (χ0n) is 21.7. The predicted molar refractivity (Wildman–Crippen MR) is 147 cm³/mol. The highest BCUT2D eigenvalue weighted by molar-refractivity contribution is 7.18. The van der Waals surface area contributed by atoms with Crippen LogP contribution in [0, 0.1) is 12.7 Å². The first-order valence-electron chi connectivity index (χ1n) is 12.5. The fourth-order valence-corrected chi connectivity index (χ4v) is 5.20. The summed E-state index contributed by atoms with van der Waals surface area (Å²) in [6, 6.07) is 18.6. The van der Waals surface area contributed by atoms with E-state index in [1.807, 2.05) is 38.1 Å². The second-order valence-electron chi connectivity index (χ2n) is 8.90. The number of ether oxygens (including phenoxy) is 2. The first kappa shape index (κ1) is 27.5. The fraction of sp³-hybridized carbons (Fsp3) is 0.200. The van der Waals surface area contributed by atoms with Crippen molar-refractivity contribution in [2.45, 2.75) is 20.0 Å². The molecule has 3 aromatic carbocycles. The number of benzene rings is 3. The Morgan fingerprint density at radius 2 is 1.62 bits per heavy atom. The van der Waals surface area contributed by atoms with Gasteiger partial charge in [0.2, 0.25) is 5.13 Å². The molecule has 0 fully saturated rings. The summed E-state index contributed by atoms with van der Waals surface area (Å²) in [6.45, 7) is 5.25. The van der Waals surface area contributed by atoms with Gasteiger partial charge in [-0.3, -0.25) is 0 Å². The Hall–Kier alpha value is -4.02. The van der Waals surface area contributed by atoms with Gasteiger partial charge in [-0.1, -0.05) is 35.6 Å². The summed E-state index contributed by atoms with van der Waals surface area (Å²) in [5.41, 5.74) is 3.28. The number of hydrogen-bond acceptors (Lipinski definition) is 5. The molecule has 40 heavy (non-hydrogen) atoms. The van der Waals surface area contributed by atoms with Crippen molar-refractivity contribution in [3.8, 4) is 43.7 Å². The van der Waals surface area contributed by atoms with E-state index in [1.54, 1.807) is 23.0 Å². The van der Waals surface area contributed by atoms with Crippen LogP contribution in [-0.2, 0) is 10.9 Å². The molecule has 10 heteroatoms. The molecule has 0 unspecified atom stereocenters. The molecule has 0 aliphatic heterocycles. The lowest BCUT2D eigenvalue weighted by Gasteiger charge is -2.09. The molecule has 5 aromatic rings. The lowest BCUT2D eigenvalue weighted by molar-refractivity contribution is -0.137. The molecule has 206 valence electrons. The molecule has 0 N–H and O–H groups in total. The van der Waals surface area contributed by atoms with Crippen molar-refractivity contribution in [3.05, 3.63) is 96.1 Å². The maximum Gasteiger partial charge on any atom is 0.416 e. The molecule has 5 rings (SSSR count). The topological polar surface area (TPSA) is 49.2 Å². The Morgan fingerprint density at radius 3 is 2.30 bits per heavy atom. The van der Waals surface area contributed by atoms with Gasteiger partial charge in [0.05, 0.1) is 28.4 Å². The first-order valence-corrected chi connectivity index (χ1v) is 13.4. The highest BCUT2D eigenvalue weighted by Gasteiger charge is 2.30. The molecule has 2 aromatic heterocycles. The number of hydrogen-bond donors (Lipinski definition) is 0. The van der Waals surface area contributed by atoms with Crippen LogP contribution in [0.3, 0.4) is 0 Å². The van der Waals surface area contributed by atoms with Gasteiger partial charge in [0, 0.05) is 23.9 Å². The van der Waals surface area contributed by atoms with Crippen LogP contribution in [-0.4, -0.2) is 34.6 Å². The Balaban J connectivity index is 1.53. The number of rotatable bonds is 9. The minimum atomic E-state index is -4.44. The van der Waals surface area contributed by atoms with Crippen LogP contribution in [0.15, 0.2) is 79.0 Å². The van der Waals surface area contributed by atoms with Crippen LogP contribution in [0.2, 0.25) is 0 Å². The summed E-state index contributed by atoms with van der Waals surface area (Å²) in [5, 5.41) is 5.12. The van der Waals surface area contributed by atoms with Gasteiger partial charge < -0.3 is 9.47 Å². The van der Waals surface area contributed by atoms with Crippen LogP contribution in [0.5, 0.6) is 5.75 Å². The summed E-state index contributed by atoms with van der Waals surface area (Å²) in [5.74, 6) is 0.322. The van der Waals surface area contributed by atoms with E-state index in [1.165, 1.54) is 35.6 Å². The highest BCUT2D eigenvalue weighted by atomic mass is 32.1. The molecule has 0 saturated heterocycles. The van der Waals surface area contributed by atoms with Crippen LogP contribution < -0.4 is 4.74 Å². The van der Waals surface area contributed by atoms with Crippen LogP contribution >= 0.6 is 11.3 Å². The second kappa shape index (κ2) is 11.6. The SMILES string of the molecule is CCOCCOc1ccc(-c2sc(-n3cc(-c4cccc(F)c4)c(C)n3)nc2-c2ccc(C(F)(F)F)cc2)cc1. The summed E-state index contributed by atoms with van der Waals surface area (Å²) in [7, 11) is 0. The molecule has 0 bridgehead atoms. The molecular weight excluding hydrogens is 542 g/mol. The molecule has 0 radical (unpaired) electrons. The van der Waals surface area contributed by atoms with E-state index in [0.29, 0.717) is 53.2 Å². The zero-order chi connectivity index (χ0) is 28.3. The number of alkyl halides is 3. The molecule has 0 amide bonds. The minimum Gasteiger partial charge on any atom is -0.491 e. The summed E-state index contributed by atoms with van der Waals surface area (Å²) in [6.07, 6.45) is -2.66. The highest BCUT2D eigenvalue weighted by Crippen LogP contribution is 2.40. The first-order chi connectivity index (χ1) is 19.2. The van der Waals surface area contributed by atoms with Crippen LogP contribution in [0.25, 0.3) is 38.0 Å². The van der Waals surface area contributed by atoms with Crippen LogP contribution in [0.4, 0.5) is 17.6 Å². The third kappa shape index (κ3) is 6.08. The van der Waals surface area contributed by atoms with E-state index >= 15 is 0 Å². The maximum atomic E-state index is 13.9. The standard InChI is InChI=1S/C30H25F4N3O2S/c1-3-38-15-16-39-25-13-9-21(10-14-25)28-27(20-7-11-23(12-8-20)30(32,33)34)35-29(40-28)37-18-26(19(2)36-37)22-5-4-6-24(31)17-22/h4-14,17-18H,3,15-16H2,1-2H3. The van der Waals surface area contributed by atoms with Gasteiger partial charge >= 0.3 is 6.18 Å². The molecular formula is C30H25F4N3O2S. The minimum absolute atomic E-state index is 0.351. The summed E-state index contributed by atoms with van der Waals surface area (Å²) >= 11 is 1.35. The zero-order valence-corrected chi connectivity index (χ0v) is 22.5. The van der Waals surface area contributed by atoms with E-state index in [9.17, 15) is 17.6 Å². The van der Waals surface area contributed by atoms with E-state index in [0.717, 1.165) is 28.1 Å². The number of nitrogens with zero attached hydrogens (tertiary/aromatic N) is 3. The monoisotopic (exact) mass is 567 g/mol. The average molecular weight is 568 g/mol. The molecule has 0 aliphatic carbocycles. The van der Waals surface area contributed by atoms with E-state index in [-0.39, 0.29) is 5.82 Å². The van der Waals surface area contributed by atoms with Crippen molar-refractivity contribution in [3.63, 3.8) is 0 Å². The number of aromatic nitrogens is 3. The third-order valence-corrected chi connectivity index (χ3v) is 7.24. The van der Waals surface area contributed by atoms with Gasteiger partial charge in [0.1, 0.15) is 18.2 Å². The second-order valence-corrected chi connectivity index (χ2v) is 9.88. The van der Waals surface area contributed by atoms with Crippen LogP contribution in [0.1, 0.15) is 18.2 Å².